The maximum Gasteiger partial charge on any atom is 0.339 e. The van der Waals surface area contributed by atoms with Crippen LogP contribution >= 0.6 is 0 Å². The minimum atomic E-state index is -4.78. The van der Waals surface area contributed by atoms with Gasteiger partial charge in [-0.25, -0.2) is 4.79 Å². The Morgan fingerprint density at radius 2 is 1.19 bits per heavy atom. The maximum atomic E-state index is 12.0. The number of nitrogens with zero attached hydrogens (tertiary/aromatic N) is 4. The standard InChI is InChI=1S/C29H20N4O8S/c34-22-10-11-23-18(13-22)14-26(42(39,40)41)27(28(23)36)33-31-20-7-3-17(4-8-20)16-1-5-19(6-2-16)30-32-21-9-12-25(35)24(15-21)29(37)38/h1-15,34-36H,(H,37,38)(H,39,40,41). The number of benzene rings is 5. The predicted molar refractivity (Wildman–Crippen MR) is 152 cm³/mol. The van der Waals surface area contributed by atoms with E-state index in [9.17, 15) is 33.1 Å². The summed E-state index contributed by atoms with van der Waals surface area (Å²) in [5.74, 6) is -2.32. The fourth-order valence-corrected chi connectivity index (χ4v) is 4.71. The van der Waals surface area contributed by atoms with E-state index in [1.165, 1.54) is 36.4 Å². The summed E-state index contributed by atoms with van der Waals surface area (Å²) in [6.07, 6.45) is 0. The Labute approximate surface area is 238 Å². The normalized spacial score (nSPS) is 11.9. The van der Waals surface area contributed by atoms with Gasteiger partial charge in [0.15, 0.2) is 5.75 Å². The van der Waals surface area contributed by atoms with Gasteiger partial charge in [-0.2, -0.15) is 23.8 Å². The summed E-state index contributed by atoms with van der Waals surface area (Å²) < 4.78 is 33.6. The summed E-state index contributed by atoms with van der Waals surface area (Å²) in [7, 11) is -4.78. The lowest BCUT2D eigenvalue weighted by molar-refractivity contribution is 0.0693. The van der Waals surface area contributed by atoms with Crippen LogP contribution in [0.15, 0.2) is 116 Å². The molecule has 0 aliphatic carbocycles. The van der Waals surface area contributed by atoms with Gasteiger partial charge < -0.3 is 20.4 Å². The Balaban J connectivity index is 1.35. The summed E-state index contributed by atoms with van der Waals surface area (Å²) in [6, 6.07) is 22.7. The summed E-state index contributed by atoms with van der Waals surface area (Å²) in [4.78, 5) is 10.5. The zero-order valence-corrected chi connectivity index (χ0v) is 22.1. The number of carbonyl (C=O) groups is 1. The lowest BCUT2D eigenvalue weighted by Crippen LogP contribution is -1.99. The highest BCUT2D eigenvalue weighted by molar-refractivity contribution is 7.86. The van der Waals surface area contributed by atoms with Crippen molar-refractivity contribution in [2.75, 3.05) is 0 Å². The molecular formula is C29H20N4O8S. The number of fused-ring (bicyclic) bond motifs is 1. The number of phenols is 3. The average Bonchev–Trinajstić information content (AvgIpc) is 2.96. The minimum absolute atomic E-state index is 0.151. The molecule has 0 aliphatic rings. The van der Waals surface area contributed by atoms with E-state index in [2.05, 4.69) is 20.5 Å². The second-order valence-corrected chi connectivity index (χ2v) is 10.3. The number of hydrogen-bond donors (Lipinski definition) is 5. The molecule has 0 fully saturated rings. The highest BCUT2D eigenvalue weighted by atomic mass is 32.2. The van der Waals surface area contributed by atoms with E-state index < -0.39 is 32.4 Å². The second-order valence-electron chi connectivity index (χ2n) is 8.95. The zero-order valence-electron chi connectivity index (χ0n) is 21.3. The number of aromatic carboxylic acids is 1. The molecule has 0 atom stereocenters. The first-order chi connectivity index (χ1) is 20.0. The van der Waals surface area contributed by atoms with Crippen molar-refractivity contribution in [1.82, 2.24) is 0 Å². The van der Waals surface area contributed by atoms with Gasteiger partial charge in [0, 0.05) is 5.39 Å². The molecule has 5 aromatic rings. The summed E-state index contributed by atoms with van der Waals surface area (Å²) in [5.41, 5.74) is 2.03. The van der Waals surface area contributed by atoms with Gasteiger partial charge in [0.05, 0.1) is 17.1 Å². The quantitative estimate of drug-likeness (QED) is 0.0961. The number of hydrogen-bond acceptors (Lipinski definition) is 10. The third-order valence-electron chi connectivity index (χ3n) is 6.14. The molecule has 0 amide bonds. The third kappa shape index (κ3) is 5.91. The molecule has 5 rings (SSSR count). The molecule has 0 aromatic heterocycles. The Kier molecular flexibility index (Phi) is 7.35. The van der Waals surface area contributed by atoms with E-state index in [0.717, 1.165) is 17.2 Å². The molecular weight excluding hydrogens is 564 g/mol. The van der Waals surface area contributed by atoms with Gasteiger partial charge in [0.1, 0.15) is 27.6 Å². The molecule has 0 heterocycles. The van der Waals surface area contributed by atoms with Gasteiger partial charge in [-0.1, -0.05) is 24.3 Å². The van der Waals surface area contributed by atoms with Crippen LogP contribution in [0, 0.1) is 0 Å². The average molecular weight is 585 g/mol. The third-order valence-corrected chi connectivity index (χ3v) is 7.00. The Morgan fingerprint density at radius 1 is 0.643 bits per heavy atom. The Morgan fingerprint density at radius 3 is 1.76 bits per heavy atom. The van der Waals surface area contributed by atoms with E-state index in [0.29, 0.717) is 11.4 Å². The number of aromatic hydroxyl groups is 3. The van der Waals surface area contributed by atoms with Crippen LogP contribution in [-0.4, -0.2) is 39.4 Å². The van der Waals surface area contributed by atoms with Crippen molar-refractivity contribution in [3.05, 3.63) is 96.6 Å². The number of carboxylic acids is 1. The lowest BCUT2D eigenvalue weighted by atomic mass is 10.1. The molecule has 5 aromatic carbocycles. The van der Waals surface area contributed by atoms with E-state index in [1.54, 1.807) is 48.5 Å². The predicted octanol–water partition coefficient (Wildman–Crippen LogP) is 7.40. The Bertz CT molecular complexity index is 2010. The molecule has 0 unspecified atom stereocenters. The van der Waals surface area contributed by atoms with Crippen molar-refractivity contribution < 1.29 is 38.2 Å². The Hall–Kier alpha value is -5.66. The van der Waals surface area contributed by atoms with Crippen LogP contribution in [0.25, 0.3) is 21.9 Å². The number of carboxylic acid groups (broad SMARTS) is 1. The first-order valence-corrected chi connectivity index (χ1v) is 13.5. The van der Waals surface area contributed by atoms with Gasteiger partial charge in [-0.05, 0) is 83.2 Å². The van der Waals surface area contributed by atoms with Gasteiger partial charge in [-0.15, -0.1) is 5.11 Å². The van der Waals surface area contributed by atoms with Crippen LogP contribution in [0.2, 0.25) is 0 Å². The van der Waals surface area contributed by atoms with Crippen molar-refractivity contribution in [3.8, 4) is 28.4 Å². The van der Waals surface area contributed by atoms with Gasteiger partial charge in [-0.3, -0.25) is 4.55 Å². The van der Waals surface area contributed by atoms with Crippen LogP contribution < -0.4 is 0 Å². The van der Waals surface area contributed by atoms with E-state index in [1.807, 2.05) is 0 Å². The number of rotatable bonds is 7. The van der Waals surface area contributed by atoms with Gasteiger partial charge in [0.25, 0.3) is 10.1 Å². The molecule has 0 radical (unpaired) electrons. The van der Waals surface area contributed by atoms with Crippen LogP contribution in [-0.2, 0) is 10.1 Å². The van der Waals surface area contributed by atoms with Crippen molar-refractivity contribution in [2.45, 2.75) is 4.90 Å². The molecule has 5 N–H and O–H groups in total. The van der Waals surface area contributed by atoms with E-state index in [-0.39, 0.29) is 33.5 Å². The monoisotopic (exact) mass is 584 g/mol. The van der Waals surface area contributed by atoms with Crippen molar-refractivity contribution in [1.29, 1.82) is 0 Å². The number of azo groups is 2. The fourth-order valence-electron chi connectivity index (χ4n) is 4.05. The topological polar surface area (TPSA) is 202 Å². The summed E-state index contributed by atoms with van der Waals surface area (Å²) in [5, 5.41) is 55.5. The minimum Gasteiger partial charge on any atom is -0.508 e. The summed E-state index contributed by atoms with van der Waals surface area (Å²) >= 11 is 0. The first-order valence-electron chi connectivity index (χ1n) is 12.1. The molecule has 42 heavy (non-hydrogen) atoms. The van der Waals surface area contributed by atoms with Crippen LogP contribution in [0.5, 0.6) is 17.2 Å². The molecule has 12 nitrogen and oxygen atoms in total. The second kappa shape index (κ2) is 11.1. The fraction of sp³-hybridized carbons (Fsp3) is 0. The molecule has 210 valence electrons. The SMILES string of the molecule is O=C(O)c1cc(N=Nc2ccc(-c3ccc(N=Nc4c(S(=O)(=O)O)cc5cc(O)ccc5c4O)cc3)cc2)ccc1O. The van der Waals surface area contributed by atoms with Crippen molar-refractivity contribution in [3.63, 3.8) is 0 Å². The smallest absolute Gasteiger partial charge is 0.339 e. The zero-order chi connectivity index (χ0) is 30.0. The first kappa shape index (κ1) is 27.9. The van der Waals surface area contributed by atoms with E-state index >= 15 is 0 Å². The molecule has 0 spiro atoms. The highest BCUT2D eigenvalue weighted by Crippen LogP contribution is 2.42. The van der Waals surface area contributed by atoms with Gasteiger partial charge in [0.2, 0.25) is 0 Å². The molecule has 0 saturated heterocycles. The molecule has 0 aliphatic heterocycles. The van der Waals surface area contributed by atoms with Crippen LogP contribution in [0.4, 0.5) is 22.7 Å². The summed E-state index contributed by atoms with van der Waals surface area (Å²) in [6.45, 7) is 0. The lowest BCUT2D eigenvalue weighted by Gasteiger charge is -2.09. The number of phenolic OH excluding ortho intramolecular Hbond substituents is 2. The molecule has 0 bridgehead atoms. The largest absolute Gasteiger partial charge is 0.508 e. The van der Waals surface area contributed by atoms with Crippen LogP contribution in [0.3, 0.4) is 0 Å². The van der Waals surface area contributed by atoms with E-state index in [4.69, 9.17) is 5.11 Å². The highest BCUT2D eigenvalue weighted by Gasteiger charge is 2.22. The molecule has 13 heteroatoms. The maximum absolute atomic E-state index is 12.0. The molecule has 0 saturated carbocycles. The van der Waals surface area contributed by atoms with Crippen LogP contribution in [0.1, 0.15) is 10.4 Å². The van der Waals surface area contributed by atoms with Crippen molar-refractivity contribution >= 4 is 49.6 Å². The van der Waals surface area contributed by atoms with Gasteiger partial charge >= 0.3 is 5.97 Å². The van der Waals surface area contributed by atoms with Crippen molar-refractivity contribution in [2.24, 2.45) is 20.5 Å².